The van der Waals surface area contributed by atoms with Gasteiger partial charge in [-0.05, 0) is 19.3 Å². The van der Waals surface area contributed by atoms with Crippen LogP contribution in [0.1, 0.15) is 64.7 Å². The van der Waals surface area contributed by atoms with E-state index in [4.69, 9.17) is 11.6 Å². The summed E-state index contributed by atoms with van der Waals surface area (Å²) in [6.45, 7) is 2.20. The van der Waals surface area contributed by atoms with E-state index in [2.05, 4.69) is 6.92 Å². The van der Waals surface area contributed by atoms with Crippen molar-refractivity contribution >= 4 is 17.9 Å². The minimum Gasteiger partial charge on any atom is -0.303 e. The van der Waals surface area contributed by atoms with Crippen LogP contribution in [-0.4, -0.2) is 12.2 Å². The molecule has 0 aromatic heterocycles. The van der Waals surface area contributed by atoms with Crippen LogP contribution in [0.3, 0.4) is 0 Å². The van der Waals surface area contributed by atoms with Gasteiger partial charge in [0.1, 0.15) is 6.29 Å². The van der Waals surface area contributed by atoms with Gasteiger partial charge >= 0.3 is 0 Å². The maximum absolute atomic E-state index is 10.8. The first-order valence-electron chi connectivity index (χ1n) is 6.36. The minimum absolute atomic E-state index is 0.313. The van der Waals surface area contributed by atoms with E-state index >= 15 is 0 Å². The number of alkyl halides is 1. The molecule has 0 aliphatic rings. The molecule has 0 aromatic rings. The summed E-state index contributed by atoms with van der Waals surface area (Å²) in [5.41, 5.74) is 0. The van der Waals surface area contributed by atoms with E-state index in [0.717, 1.165) is 31.4 Å². The first-order valence-corrected chi connectivity index (χ1v) is 6.89. The van der Waals surface area contributed by atoms with Gasteiger partial charge in [-0.25, -0.2) is 0 Å². The lowest BCUT2D eigenvalue weighted by molar-refractivity contribution is -0.111. The maximum atomic E-state index is 10.8. The van der Waals surface area contributed by atoms with Gasteiger partial charge in [-0.15, -0.1) is 11.6 Å². The number of carbonyl (C=O) groups is 1. The third-order valence-corrected chi connectivity index (χ3v) is 3.10. The molecular formula is C13H25ClO. The summed E-state index contributed by atoms with van der Waals surface area (Å²) < 4.78 is 0. The van der Waals surface area contributed by atoms with E-state index in [1.54, 1.807) is 0 Å². The predicted octanol–water partition coefficient (Wildman–Crippen LogP) is 4.57. The fraction of sp³-hybridized carbons (Fsp3) is 0.923. The summed E-state index contributed by atoms with van der Waals surface area (Å²) in [6.07, 6.45) is 11.8. The molecule has 0 radical (unpaired) electrons. The van der Waals surface area contributed by atoms with Crippen LogP contribution in [0.4, 0.5) is 0 Å². The van der Waals surface area contributed by atoms with Crippen molar-refractivity contribution in [2.45, 2.75) is 64.7 Å². The van der Waals surface area contributed by atoms with Gasteiger partial charge in [0.25, 0.3) is 0 Å². The van der Waals surface area contributed by atoms with Crippen LogP contribution in [0.5, 0.6) is 0 Å². The summed E-state index contributed by atoms with van der Waals surface area (Å²) in [5.74, 6) is 1.08. The SMILES string of the molecule is CCCCCC(C=O)CCCCCCCl. The average Bonchev–Trinajstić information content (AvgIpc) is 2.26. The number of halogens is 1. The molecule has 0 rings (SSSR count). The van der Waals surface area contributed by atoms with Gasteiger partial charge in [0.2, 0.25) is 0 Å². The van der Waals surface area contributed by atoms with Crippen LogP contribution in [0.25, 0.3) is 0 Å². The Morgan fingerprint density at radius 3 is 2.13 bits per heavy atom. The first kappa shape index (κ1) is 15.0. The molecule has 0 spiro atoms. The Morgan fingerprint density at radius 1 is 1.00 bits per heavy atom. The Labute approximate surface area is 99.6 Å². The van der Waals surface area contributed by atoms with Gasteiger partial charge in [0, 0.05) is 11.8 Å². The second-order valence-electron chi connectivity index (χ2n) is 4.28. The molecule has 1 nitrogen and oxygen atoms in total. The molecule has 0 heterocycles. The highest BCUT2D eigenvalue weighted by atomic mass is 35.5. The molecule has 15 heavy (non-hydrogen) atoms. The van der Waals surface area contributed by atoms with Crippen molar-refractivity contribution in [3.05, 3.63) is 0 Å². The second-order valence-corrected chi connectivity index (χ2v) is 4.66. The van der Waals surface area contributed by atoms with Crippen molar-refractivity contribution in [1.29, 1.82) is 0 Å². The van der Waals surface area contributed by atoms with Crippen molar-refractivity contribution in [1.82, 2.24) is 0 Å². The van der Waals surface area contributed by atoms with Crippen LogP contribution in [-0.2, 0) is 4.79 Å². The molecule has 1 unspecified atom stereocenters. The lowest BCUT2D eigenvalue weighted by Crippen LogP contribution is -2.02. The Balaban J connectivity index is 3.32. The Bertz CT molecular complexity index is 136. The van der Waals surface area contributed by atoms with Crippen molar-refractivity contribution in [2.24, 2.45) is 5.92 Å². The van der Waals surface area contributed by atoms with E-state index in [1.807, 2.05) is 0 Å². The summed E-state index contributed by atoms with van der Waals surface area (Å²) in [5, 5.41) is 0. The van der Waals surface area contributed by atoms with E-state index in [1.165, 1.54) is 38.5 Å². The van der Waals surface area contributed by atoms with Gasteiger partial charge in [-0.2, -0.15) is 0 Å². The fourth-order valence-electron chi connectivity index (χ4n) is 1.79. The highest BCUT2D eigenvalue weighted by Crippen LogP contribution is 2.15. The highest BCUT2D eigenvalue weighted by Gasteiger charge is 2.06. The third kappa shape index (κ3) is 10.2. The monoisotopic (exact) mass is 232 g/mol. The number of aldehydes is 1. The molecule has 0 aromatic carbocycles. The van der Waals surface area contributed by atoms with E-state index in [9.17, 15) is 4.79 Å². The summed E-state index contributed by atoms with van der Waals surface area (Å²) in [7, 11) is 0. The van der Waals surface area contributed by atoms with E-state index < -0.39 is 0 Å². The molecule has 0 aliphatic heterocycles. The summed E-state index contributed by atoms with van der Waals surface area (Å²) in [6, 6.07) is 0. The zero-order valence-electron chi connectivity index (χ0n) is 10.0. The Hall–Kier alpha value is -0.0400. The predicted molar refractivity (Wildman–Crippen MR) is 67.5 cm³/mol. The zero-order valence-corrected chi connectivity index (χ0v) is 10.8. The molecule has 0 saturated heterocycles. The number of rotatable bonds is 11. The normalized spacial score (nSPS) is 12.7. The number of hydrogen-bond acceptors (Lipinski definition) is 1. The first-order chi connectivity index (χ1) is 7.35. The van der Waals surface area contributed by atoms with Crippen molar-refractivity contribution in [2.75, 3.05) is 5.88 Å². The largest absolute Gasteiger partial charge is 0.303 e. The molecule has 1 atom stereocenters. The lowest BCUT2D eigenvalue weighted by Gasteiger charge is -2.09. The van der Waals surface area contributed by atoms with Crippen LogP contribution in [0.15, 0.2) is 0 Å². The second kappa shape index (κ2) is 12.0. The quantitative estimate of drug-likeness (QED) is 0.290. The van der Waals surface area contributed by atoms with Gasteiger partial charge in [0.15, 0.2) is 0 Å². The van der Waals surface area contributed by atoms with Crippen LogP contribution < -0.4 is 0 Å². The van der Waals surface area contributed by atoms with Crippen LogP contribution in [0, 0.1) is 5.92 Å². The average molecular weight is 233 g/mol. The molecule has 2 heteroatoms. The third-order valence-electron chi connectivity index (χ3n) is 2.83. The Morgan fingerprint density at radius 2 is 1.60 bits per heavy atom. The highest BCUT2D eigenvalue weighted by molar-refractivity contribution is 6.17. The molecule has 0 aliphatic carbocycles. The van der Waals surface area contributed by atoms with Crippen molar-refractivity contribution in [3.63, 3.8) is 0 Å². The van der Waals surface area contributed by atoms with Gasteiger partial charge in [0.05, 0.1) is 0 Å². The molecule has 0 amide bonds. The minimum atomic E-state index is 0.313. The molecule has 0 N–H and O–H groups in total. The number of hydrogen-bond donors (Lipinski definition) is 0. The molecule has 90 valence electrons. The summed E-state index contributed by atoms with van der Waals surface area (Å²) >= 11 is 5.60. The smallest absolute Gasteiger partial charge is 0.123 e. The van der Waals surface area contributed by atoms with Crippen molar-refractivity contribution < 1.29 is 4.79 Å². The standard InChI is InChI=1S/C13H25ClO/c1-2-3-6-9-13(12-15)10-7-4-5-8-11-14/h12-13H,2-11H2,1H3. The molecule has 0 fully saturated rings. The molecular weight excluding hydrogens is 208 g/mol. The topological polar surface area (TPSA) is 17.1 Å². The van der Waals surface area contributed by atoms with Gasteiger partial charge in [-0.3, -0.25) is 0 Å². The lowest BCUT2D eigenvalue weighted by atomic mass is 9.96. The fourth-order valence-corrected chi connectivity index (χ4v) is 1.98. The number of carbonyl (C=O) groups excluding carboxylic acids is 1. The van der Waals surface area contributed by atoms with Crippen LogP contribution >= 0.6 is 11.6 Å². The maximum Gasteiger partial charge on any atom is 0.123 e. The van der Waals surface area contributed by atoms with Gasteiger partial charge in [-0.1, -0.05) is 45.4 Å². The summed E-state index contributed by atoms with van der Waals surface area (Å²) in [4.78, 5) is 10.8. The van der Waals surface area contributed by atoms with E-state index in [-0.39, 0.29) is 0 Å². The van der Waals surface area contributed by atoms with Crippen LogP contribution in [0.2, 0.25) is 0 Å². The molecule has 0 bridgehead atoms. The number of unbranched alkanes of at least 4 members (excludes halogenated alkanes) is 5. The molecule has 0 saturated carbocycles. The van der Waals surface area contributed by atoms with Gasteiger partial charge < -0.3 is 4.79 Å². The Kier molecular flexibility index (Phi) is 12.0. The van der Waals surface area contributed by atoms with E-state index in [0.29, 0.717) is 5.92 Å². The van der Waals surface area contributed by atoms with Crippen molar-refractivity contribution in [3.8, 4) is 0 Å². The zero-order chi connectivity index (χ0) is 11.4.